The van der Waals surface area contributed by atoms with E-state index in [2.05, 4.69) is 12.2 Å². The molecule has 0 spiro atoms. The van der Waals surface area contributed by atoms with Crippen molar-refractivity contribution >= 4 is 11.7 Å². The van der Waals surface area contributed by atoms with E-state index in [9.17, 15) is 13.6 Å². The average molecular weight is 254 g/mol. The van der Waals surface area contributed by atoms with E-state index in [0.717, 1.165) is 31.0 Å². The molecule has 0 unspecified atom stereocenters. The van der Waals surface area contributed by atoms with E-state index in [1.807, 2.05) is 0 Å². The molecule has 1 aromatic carbocycles. The van der Waals surface area contributed by atoms with Crippen LogP contribution in [-0.4, -0.2) is 24.0 Å². The van der Waals surface area contributed by atoms with Crippen LogP contribution in [0.1, 0.15) is 19.8 Å². The summed E-state index contributed by atoms with van der Waals surface area (Å²) in [7, 11) is 0. The van der Waals surface area contributed by atoms with Crippen molar-refractivity contribution in [2.24, 2.45) is 5.92 Å². The van der Waals surface area contributed by atoms with Crippen LogP contribution in [0.15, 0.2) is 18.2 Å². The summed E-state index contributed by atoms with van der Waals surface area (Å²) in [6.07, 6.45) is 2.04. The molecule has 3 nitrogen and oxygen atoms in total. The zero-order valence-electron chi connectivity index (χ0n) is 10.2. The van der Waals surface area contributed by atoms with E-state index in [-0.39, 0.29) is 11.7 Å². The predicted octanol–water partition coefficient (Wildman–Crippen LogP) is 3.23. The molecule has 0 aromatic heterocycles. The predicted molar refractivity (Wildman–Crippen MR) is 65.3 cm³/mol. The van der Waals surface area contributed by atoms with Gasteiger partial charge < -0.3 is 10.2 Å². The molecule has 1 heterocycles. The van der Waals surface area contributed by atoms with Crippen LogP contribution in [0.3, 0.4) is 0 Å². The monoisotopic (exact) mass is 254 g/mol. The first-order chi connectivity index (χ1) is 8.56. The van der Waals surface area contributed by atoms with Crippen LogP contribution in [0.2, 0.25) is 0 Å². The number of carbonyl (C=O) groups is 1. The van der Waals surface area contributed by atoms with Crippen molar-refractivity contribution in [3.8, 4) is 0 Å². The highest BCUT2D eigenvalue weighted by Crippen LogP contribution is 2.19. The van der Waals surface area contributed by atoms with E-state index < -0.39 is 11.6 Å². The lowest BCUT2D eigenvalue weighted by molar-refractivity contribution is 0.182. The summed E-state index contributed by atoms with van der Waals surface area (Å²) in [4.78, 5) is 13.5. The van der Waals surface area contributed by atoms with Gasteiger partial charge in [-0.1, -0.05) is 6.92 Å². The van der Waals surface area contributed by atoms with E-state index in [1.165, 1.54) is 0 Å². The van der Waals surface area contributed by atoms with Crippen molar-refractivity contribution in [2.45, 2.75) is 19.8 Å². The zero-order chi connectivity index (χ0) is 13.1. The molecular weight excluding hydrogens is 238 g/mol. The molecule has 1 fully saturated rings. The standard InChI is InChI=1S/C13H16F2N2O/c1-9-3-2-6-17(8-9)13(18)16-12-7-10(14)4-5-11(12)15/h4-5,7,9H,2-3,6,8H2,1H3,(H,16,18)/t9-/m0/s1. The Bertz CT molecular complexity index is 451. The second-order valence-electron chi connectivity index (χ2n) is 4.75. The summed E-state index contributed by atoms with van der Waals surface area (Å²) in [5.74, 6) is -0.754. The fraction of sp³-hybridized carbons (Fsp3) is 0.462. The first kappa shape index (κ1) is 12.8. The minimum Gasteiger partial charge on any atom is -0.324 e. The largest absolute Gasteiger partial charge is 0.324 e. The highest BCUT2D eigenvalue weighted by Gasteiger charge is 2.21. The second kappa shape index (κ2) is 5.33. The van der Waals surface area contributed by atoms with Gasteiger partial charge in [-0.3, -0.25) is 0 Å². The quantitative estimate of drug-likeness (QED) is 0.820. The molecule has 1 atom stereocenters. The summed E-state index contributed by atoms with van der Waals surface area (Å²) < 4.78 is 26.3. The lowest BCUT2D eigenvalue weighted by Crippen LogP contribution is -2.41. The van der Waals surface area contributed by atoms with Gasteiger partial charge in [0.15, 0.2) is 0 Å². The Morgan fingerprint density at radius 2 is 2.22 bits per heavy atom. The molecule has 1 saturated heterocycles. The number of urea groups is 1. The van der Waals surface area contributed by atoms with Crippen LogP contribution in [0, 0.1) is 17.6 Å². The lowest BCUT2D eigenvalue weighted by atomic mass is 10.0. The van der Waals surface area contributed by atoms with Crippen LogP contribution in [0.25, 0.3) is 0 Å². The number of nitrogens with one attached hydrogen (secondary N) is 1. The Balaban J connectivity index is 2.04. The Kier molecular flexibility index (Phi) is 3.79. The number of benzene rings is 1. The zero-order valence-corrected chi connectivity index (χ0v) is 10.2. The maximum atomic E-state index is 13.4. The van der Waals surface area contributed by atoms with Crippen molar-refractivity contribution in [3.05, 3.63) is 29.8 Å². The molecule has 2 rings (SSSR count). The number of carbonyl (C=O) groups excluding carboxylic acids is 1. The van der Waals surface area contributed by atoms with Gasteiger partial charge in [-0.05, 0) is 30.9 Å². The Morgan fingerprint density at radius 1 is 1.44 bits per heavy atom. The summed E-state index contributed by atoms with van der Waals surface area (Å²) >= 11 is 0. The number of hydrogen-bond acceptors (Lipinski definition) is 1. The molecule has 1 aliphatic heterocycles. The molecular formula is C13H16F2N2O. The maximum absolute atomic E-state index is 13.4. The number of anilines is 1. The second-order valence-corrected chi connectivity index (χ2v) is 4.75. The van der Waals surface area contributed by atoms with Crippen LogP contribution in [-0.2, 0) is 0 Å². The molecule has 0 radical (unpaired) electrons. The van der Waals surface area contributed by atoms with Crippen molar-refractivity contribution in [2.75, 3.05) is 18.4 Å². The van der Waals surface area contributed by atoms with Crippen molar-refractivity contribution < 1.29 is 13.6 Å². The highest BCUT2D eigenvalue weighted by molar-refractivity contribution is 5.89. The summed E-state index contributed by atoms with van der Waals surface area (Å²) in [6, 6.07) is 2.64. The molecule has 18 heavy (non-hydrogen) atoms. The first-order valence-corrected chi connectivity index (χ1v) is 6.07. The third-order valence-corrected chi connectivity index (χ3v) is 3.11. The van der Waals surface area contributed by atoms with Gasteiger partial charge in [-0.15, -0.1) is 0 Å². The number of amides is 2. The van der Waals surface area contributed by atoms with Crippen LogP contribution in [0.5, 0.6) is 0 Å². The number of halogens is 2. The minimum atomic E-state index is -0.630. The lowest BCUT2D eigenvalue weighted by Gasteiger charge is -2.30. The molecule has 1 aromatic rings. The average Bonchev–Trinajstić information content (AvgIpc) is 2.34. The van der Waals surface area contributed by atoms with Gasteiger partial charge in [0.05, 0.1) is 5.69 Å². The molecule has 1 N–H and O–H groups in total. The number of hydrogen-bond donors (Lipinski definition) is 1. The normalized spacial score (nSPS) is 19.7. The molecule has 98 valence electrons. The number of likely N-dealkylation sites (tertiary alicyclic amines) is 1. The number of piperidine rings is 1. The van der Waals surface area contributed by atoms with Gasteiger partial charge in [-0.2, -0.15) is 0 Å². The number of nitrogens with zero attached hydrogens (tertiary/aromatic N) is 1. The number of rotatable bonds is 1. The molecule has 0 bridgehead atoms. The summed E-state index contributed by atoms with van der Waals surface area (Å²) in [5, 5.41) is 2.41. The molecule has 0 aliphatic carbocycles. The van der Waals surface area contributed by atoms with Gasteiger partial charge in [0, 0.05) is 19.2 Å². The van der Waals surface area contributed by atoms with Gasteiger partial charge in [0.2, 0.25) is 0 Å². The third kappa shape index (κ3) is 2.97. The highest BCUT2D eigenvalue weighted by atomic mass is 19.1. The van der Waals surface area contributed by atoms with Crippen molar-refractivity contribution in [1.29, 1.82) is 0 Å². The summed E-state index contributed by atoms with van der Waals surface area (Å²) in [5.41, 5.74) is -0.113. The van der Waals surface area contributed by atoms with Crippen molar-refractivity contribution in [1.82, 2.24) is 4.90 Å². The fourth-order valence-corrected chi connectivity index (χ4v) is 2.16. The molecule has 1 aliphatic rings. The SMILES string of the molecule is C[C@H]1CCCN(C(=O)Nc2cc(F)ccc2F)C1. The molecule has 0 saturated carbocycles. The topological polar surface area (TPSA) is 32.3 Å². The van der Waals surface area contributed by atoms with E-state index >= 15 is 0 Å². The van der Waals surface area contributed by atoms with E-state index in [0.29, 0.717) is 19.0 Å². The fourth-order valence-electron chi connectivity index (χ4n) is 2.16. The first-order valence-electron chi connectivity index (χ1n) is 6.07. The van der Waals surface area contributed by atoms with Gasteiger partial charge in [0.25, 0.3) is 0 Å². The molecule has 5 heteroatoms. The maximum Gasteiger partial charge on any atom is 0.321 e. The van der Waals surface area contributed by atoms with Crippen LogP contribution in [0.4, 0.5) is 19.3 Å². The van der Waals surface area contributed by atoms with E-state index in [4.69, 9.17) is 0 Å². The Labute approximate surface area is 105 Å². The van der Waals surface area contributed by atoms with Crippen LogP contribution < -0.4 is 5.32 Å². The van der Waals surface area contributed by atoms with Gasteiger partial charge in [0.1, 0.15) is 11.6 Å². The summed E-state index contributed by atoms with van der Waals surface area (Å²) in [6.45, 7) is 3.39. The smallest absolute Gasteiger partial charge is 0.321 e. The third-order valence-electron chi connectivity index (χ3n) is 3.11. The Hall–Kier alpha value is -1.65. The van der Waals surface area contributed by atoms with E-state index in [1.54, 1.807) is 4.90 Å². The van der Waals surface area contributed by atoms with Gasteiger partial charge in [-0.25, -0.2) is 13.6 Å². The van der Waals surface area contributed by atoms with Crippen molar-refractivity contribution in [3.63, 3.8) is 0 Å². The molecule has 2 amide bonds. The van der Waals surface area contributed by atoms with Crippen LogP contribution >= 0.6 is 0 Å². The minimum absolute atomic E-state index is 0.113. The van der Waals surface area contributed by atoms with Gasteiger partial charge >= 0.3 is 6.03 Å². The Morgan fingerprint density at radius 3 is 2.94 bits per heavy atom.